The average molecular weight is 310 g/mol. The van der Waals surface area contributed by atoms with Crippen LogP contribution in [0.4, 0.5) is 0 Å². The van der Waals surface area contributed by atoms with Gasteiger partial charge in [-0.2, -0.15) is 19.8 Å². The van der Waals surface area contributed by atoms with Crippen molar-refractivity contribution in [3.8, 4) is 0 Å². The van der Waals surface area contributed by atoms with Gasteiger partial charge in [0, 0.05) is 0 Å². The number of aryl methyl sites for hydroxylation is 3. The van der Waals surface area contributed by atoms with E-state index in [1.807, 2.05) is 6.92 Å². The van der Waals surface area contributed by atoms with Gasteiger partial charge in [-0.05, 0) is 60.7 Å². The third kappa shape index (κ3) is 3.91. The van der Waals surface area contributed by atoms with Crippen molar-refractivity contribution in [2.75, 3.05) is 6.61 Å². The van der Waals surface area contributed by atoms with Crippen LogP contribution in [0.15, 0.2) is 39.9 Å². The van der Waals surface area contributed by atoms with Crippen molar-refractivity contribution in [2.45, 2.75) is 31.6 Å². The summed E-state index contributed by atoms with van der Waals surface area (Å²) >= 11 is 1.67. The molecular formula is C15H18O3S2. The van der Waals surface area contributed by atoms with Gasteiger partial charge in [0.1, 0.15) is 0 Å². The highest BCUT2D eigenvalue weighted by Crippen LogP contribution is 2.17. The van der Waals surface area contributed by atoms with Gasteiger partial charge in [0.25, 0.3) is 10.1 Å². The van der Waals surface area contributed by atoms with Crippen molar-refractivity contribution in [2.24, 2.45) is 0 Å². The molecular weight excluding hydrogens is 292 g/mol. The number of hydrogen-bond donors (Lipinski definition) is 0. The van der Waals surface area contributed by atoms with Gasteiger partial charge in [-0.15, -0.1) is 0 Å². The molecule has 0 radical (unpaired) electrons. The number of benzene rings is 1. The standard InChI is InChI=1S/C15H18O3S2/c1-12-5-7-15(8-6-12)20(16,17)18-9-3-4-14-11-19-10-13(14)2/h5-8,10-11H,3-4,9H2,1-2H3. The average Bonchev–Trinajstić information content (AvgIpc) is 2.81. The Labute approximate surface area is 124 Å². The minimum absolute atomic E-state index is 0.214. The van der Waals surface area contributed by atoms with E-state index in [1.165, 1.54) is 11.1 Å². The molecule has 1 aromatic carbocycles. The molecule has 3 nitrogen and oxygen atoms in total. The Morgan fingerprint density at radius 2 is 1.80 bits per heavy atom. The zero-order chi connectivity index (χ0) is 14.6. The first-order valence-corrected chi connectivity index (χ1v) is 8.82. The zero-order valence-corrected chi connectivity index (χ0v) is 13.3. The van der Waals surface area contributed by atoms with E-state index in [0.717, 1.165) is 12.0 Å². The van der Waals surface area contributed by atoms with E-state index in [1.54, 1.807) is 35.6 Å². The van der Waals surface area contributed by atoms with Crippen molar-refractivity contribution in [1.29, 1.82) is 0 Å². The maximum Gasteiger partial charge on any atom is 0.296 e. The number of rotatable bonds is 6. The molecule has 0 saturated carbocycles. The van der Waals surface area contributed by atoms with Crippen LogP contribution in [0.5, 0.6) is 0 Å². The van der Waals surface area contributed by atoms with Gasteiger partial charge in [0.2, 0.25) is 0 Å². The summed E-state index contributed by atoms with van der Waals surface area (Å²) in [6.45, 7) is 4.20. The van der Waals surface area contributed by atoms with E-state index >= 15 is 0 Å². The van der Waals surface area contributed by atoms with Gasteiger partial charge in [-0.3, -0.25) is 4.18 Å². The van der Waals surface area contributed by atoms with E-state index in [2.05, 4.69) is 17.7 Å². The SMILES string of the molecule is Cc1ccc(S(=O)(=O)OCCCc2cscc2C)cc1. The highest BCUT2D eigenvalue weighted by Gasteiger charge is 2.14. The summed E-state index contributed by atoms with van der Waals surface area (Å²) in [7, 11) is -3.63. The summed E-state index contributed by atoms with van der Waals surface area (Å²) in [6.07, 6.45) is 1.54. The Morgan fingerprint density at radius 1 is 1.10 bits per heavy atom. The van der Waals surface area contributed by atoms with Gasteiger partial charge in [0.15, 0.2) is 0 Å². The van der Waals surface area contributed by atoms with E-state index in [0.29, 0.717) is 6.42 Å². The smallest absolute Gasteiger partial charge is 0.266 e. The lowest BCUT2D eigenvalue weighted by Gasteiger charge is -2.06. The third-order valence-corrected chi connectivity index (χ3v) is 5.34. The fourth-order valence-corrected chi connectivity index (χ4v) is 3.68. The van der Waals surface area contributed by atoms with Crippen molar-refractivity contribution >= 4 is 21.5 Å². The van der Waals surface area contributed by atoms with Crippen LogP contribution in [0.25, 0.3) is 0 Å². The predicted octanol–water partition coefficient (Wildman–Crippen LogP) is 3.70. The fourth-order valence-electron chi connectivity index (χ4n) is 1.85. The summed E-state index contributed by atoms with van der Waals surface area (Å²) in [4.78, 5) is 0.217. The van der Waals surface area contributed by atoms with E-state index < -0.39 is 10.1 Å². The Kier molecular flexibility index (Phi) is 4.96. The summed E-state index contributed by atoms with van der Waals surface area (Å²) in [5.41, 5.74) is 3.56. The fraction of sp³-hybridized carbons (Fsp3) is 0.333. The molecule has 2 rings (SSSR count). The summed E-state index contributed by atoms with van der Waals surface area (Å²) in [5.74, 6) is 0. The van der Waals surface area contributed by atoms with Crippen LogP contribution in [0.3, 0.4) is 0 Å². The van der Waals surface area contributed by atoms with E-state index in [4.69, 9.17) is 4.18 Å². The summed E-state index contributed by atoms with van der Waals surface area (Å²) < 4.78 is 29.0. The quantitative estimate of drug-likeness (QED) is 0.603. The normalized spacial score (nSPS) is 11.7. The first-order chi connectivity index (χ1) is 9.49. The van der Waals surface area contributed by atoms with Crippen molar-refractivity contribution in [1.82, 2.24) is 0 Å². The highest BCUT2D eigenvalue weighted by molar-refractivity contribution is 7.86. The molecule has 0 aliphatic rings. The molecule has 0 fully saturated rings. The topological polar surface area (TPSA) is 43.4 Å². The molecule has 108 valence electrons. The second-order valence-corrected chi connectivity index (χ2v) is 7.13. The molecule has 0 saturated heterocycles. The molecule has 0 atom stereocenters. The first-order valence-electron chi connectivity index (χ1n) is 6.47. The van der Waals surface area contributed by atoms with E-state index in [9.17, 15) is 8.42 Å². The minimum Gasteiger partial charge on any atom is -0.266 e. The van der Waals surface area contributed by atoms with Crippen LogP contribution in [0.2, 0.25) is 0 Å². The van der Waals surface area contributed by atoms with Gasteiger partial charge < -0.3 is 0 Å². The van der Waals surface area contributed by atoms with Crippen LogP contribution in [-0.4, -0.2) is 15.0 Å². The Bertz CT molecular complexity index is 655. The second-order valence-electron chi connectivity index (χ2n) is 4.77. The third-order valence-electron chi connectivity index (χ3n) is 3.10. The molecule has 5 heteroatoms. The largest absolute Gasteiger partial charge is 0.296 e. The minimum atomic E-state index is -3.63. The molecule has 0 N–H and O–H groups in total. The maximum atomic E-state index is 12.0. The van der Waals surface area contributed by atoms with Gasteiger partial charge in [-0.25, -0.2) is 0 Å². The molecule has 0 bridgehead atoms. The Hall–Kier alpha value is -1.17. The Morgan fingerprint density at radius 3 is 2.40 bits per heavy atom. The maximum absolute atomic E-state index is 12.0. The lowest BCUT2D eigenvalue weighted by molar-refractivity contribution is 0.312. The Balaban J connectivity index is 1.87. The molecule has 1 aromatic heterocycles. The molecule has 0 aliphatic heterocycles. The zero-order valence-electron chi connectivity index (χ0n) is 11.6. The molecule has 2 aromatic rings. The van der Waals surface area contributed by atoms with Crippen LogP contribution in [-0.2, 0) is 20.7 Å². The molecule has 0 unspecified atom stereocenters. The van der Waals surface area contributed by atoms with Gasteiger partial charge in [-0.1, -0.05) is 17.7 Å². The van der Waals surface area contributed by atoms with Crippen molar-refractivity contribution in [3.63, 3.8) is 0 Å². The lowest BCUT2D eigenvalue weighted by Crippen LogP contribution is -2.08. The summed E-state index contributed by atoms with van der Waals surface area (Å²) in [5, 5.41) is 4.20. The van der Waals surface area contributed by atoms with Crippen LogP contribution in [0.1, 0.15) is 23.1 Å². The molecule has 1 heterocycles. The first kappa shape index (κ1) is 15.2. The van der Waals surface area contributed by atoms with Crippen molar-refractivity contribution < 1.29 is 12.6 Å². The molecule has 20 heavy (non-hydrogen) atoms. The van der Waals surface area contributed by atoms with E-state index in [-0.39, 0.29) is 11.5 Å². The van der Waals surface area contributed by atoms with Crippen LogP contribution >= 0.6 is 11.3 Å². The predicted molar refractivity (Wildman–Crippen MR) is 81.7 cm³/mol. The summed E-state index contributed by atoms with van der Waals surface area (Å²) in [6, 6.07) is 6.69. The number of hydrogen-bond acceptors (Lipinski definition) is 4. The number of thiophene rings is 1. The van der Waals surface area contributed by atoms with Crippen LogP contribution < -0.4 is 0 Å². The van der Waals surface area contributed by atoms with Gasteiger partial charge in [0.05, 0.1) is 11.5 Å². The second kappa shape index (κ2) is 6.52. The van der Waals surface area contributed by atoms with Gasteiger partial charge >= 0.3 is 0 Å². The molecule has 0 amide bonds. The molecule has 0 spiro atoms. The van der Waals surface area contributed by atoms with Crippen LogP contribution in [0, 0.1) is 13.8 Å². The molecule has 0 aliphatic carbocycles. The monoisotopic (exact) mass is 310 g/mol. The van der Waals surface area contributed by atoms with Crippen molar-refractivity contribution in [3.05, 3.63) is 51.7 Å². The lowest BCUT2D eigenvalue weighted by atomic mass is 10.1. The highest BCUT2D eigenvalue weighted by atomic mass is 32.2.